The lowest BCUT2D eigenvalue weighted by atomic mass is 10.0. The Morgan fingerprint density at radius 3 is 2.41 bits per heavy atom. The number of nitro groups is 1. The number of carbonyl (C=O) groups excluding carboxylic acids is 1. The van der Waals surface area contributed by atoms with Gasteiger partial charge in [-0.3, -0.25) is 10.1 Å². The zero-order chi connectivity index (χ0) is 15.9. The number of oxime groups is 1. The molecule has 2 rings (SSSR count). The van der Waals surface area contributed by atoms with E-state index in [1.54, 1.807) is 30.3 Å². The van der Waals surface area contributed by atoms with Crippen molar-refractivity contribution in [3.05, 3.63) is 75.8 Å². The molecule has 0 atom stereocenters. The highest BCUT2D eigenvalue weighted by Gasteiger charge is 2.16. The minimum atomic E-state index is -0.545. The maximum atomic E-state index is 11.1. The molecule has 0 N–H and O–H groups in total. The van der Waals surface area contributed by atoms with Gasteiger partial charge in [-0.15, -0.1) is 0 Å². The molecule has 2 aromatic rings. The highest BCUT2D eigenvalue weighted by atomic mass is 16.7. The van der Waals surface area contributed by atoms with Crippen LogP contribution < -0.4 is 0 Å². The second-order valence-corrected chi connectivity index (χ2v) is 4.55. The summed E-state index contributed by atoms with van der Waals surface area (Å²) in [5.41, 5.74) is 1.70. The van der Waals surface area contributed by atoms with Crippen molar-refractivity contribution in [2.45, 2.75) is 13.3 Å². The predicted molar refractivity (Wildman–Crippen MR) is 81.5 cm³/mol. The molecule has 0 aliphatic rings. The van der Waals surface area contributed by atoms with Crippen LogP contribution in [-0.2, 0) is 16.1 Å². The van der Waals surface area contributed by atoms with E-state index in [0.717, 1.165) is 5.56 Å². The van der Waals surface area contributed by atoms with E-state index in [2.05, 4.69) is 5.16 Å². The number of carbonyl (C=O) groups is 1. The summed E-state index contributed by atoms with van der Waals surface area (Å²) in [7, 11) is 0. The van der Waals surface area contributed by atoms with Crippen LogP contribution in [0.4, 0.5) is 5.69 Å². The van der Waals surface area contributed by atoms with Gasteiger partial charge in [0, 0.05) is 25.0 Å². The van der Waals surface area contributed by atoms with E-state index in [0.29, 0.717) is 11.3 Å². The van der Waals surface area contributed by atoms with Crippen molar-refractivity contribution in [3.8, 4) is 0 Å². The number of hydrogen-bond donors (Lipinski definition) is 0. The summed E-state index contributed by atoms with van der Waals surface area (Å²) < 4.78 is 0. The normalized spacial score (nSPS) is 11.0. The summed E-state index contributed by atoms with van der Waals surface area (Å²) in [5, 5.41) is 14.9. The van der Waals surface area contributed by atoms with Crippen molar-refractivity contribution in [3.63, 3.8) is 0 Å². The second kappa shape index (κ2) is 7.12. The van der Waals surface area contributed by atoms with E-state index in [1.165, 1.54) is 13.0 Å². The molecule has 0 bridgehead atoms. The van der Waals surface area contributed by atoms with Gasteiger partial charge < -0.3 is 4.84 Å². The minimum Gasteiger partial charge on any atom is -0.318 e. The SMILES string of the molecule is CC(=O)O/N=C(\Cc1ccccc1[N+](=O)[O-])c1ccccc1. The smallest absolute Gasteiger partial charge is 0.318 e. The molecule has 0 aromatic heterocycles. The standard InChI is InChI=1S/C16H14N2O4/c1-12(19)22-17-15(13-7-3-2-4-8-13)11-14-9-5-6-10-16(14)18(20)21/h2-10H,11H2,1H3/b17-15+. The van der Waals surface area contributed by atoms with E-state index >= 15 is 0 Å². The third kappa shape index (κ3) is 3.99. The largest absolute Gasteiger partial charge is 0.331 e. The van der Waals surface area contributed by atoms with E-state index in [1.807, 2.05) is 18.2 Å². The minimum absolute atomic E-state index is 0.00829. The molecule has 2 aromatic carbocycles. The summed E-state index contributed by atoms with van der Waals surface area (Å²) in [5.74, 6) is -0.545. The van der Waals surface area contributed by atoms with Crippen LogP contribution in [0.25, 0.3) is 0 Å². The Labute approximate surface area is 127 Å². The van der Waals surface area contributed by atoms with Crippen molar-refractivity contribution >= 4 is 17.4 Å². The average molecular weight is 298 g/mol. The zero-order valence-corrected chi connectivity index (χ0v) is 11.9. The van der Waals surface area contributed by atoms with Crippen molar-refractivity contribution in [2.24, 2.45) is 5.16 Å². The number of para-hydroxylation sites is 1. The van der Waals surface area contributed by atoms with Gasteiger partial charge in [0.25, 0.3) is 5.69 Å². The Bertz CT molecular complexity index is 711. The zero-order valence-electron chi connectivity index (χ0n) is 11.9. The number of rotatable bonds is 5. The first-order chi connectivity index (χ1) is 10.6. The van der Waals surface area contributed by atoms with Crippen LogP contribution >= 0.6 is 0 Å². The molecule has 6 nitrogen and oxygen atoms in total. The first-order valence-electron chi connectivity index (χ1n) is 6.60. The molecule has 0 unspecified atom stereocenters. The van der Waals surface area contributed by atoms with Gasteiger partial charge in [-0.25, -0.2) is 4.79 Å². The second-order valence-electron chi connectivity index (χ2n) is 4.55. The summed E-state index contributed by atoms with van der Waals surface area (Å²) in [6.07, 6.45) is 0.189. The van der Waals surface area contributed by atoms with E-state index in [9.17, 15) is 14.9 Å². The van der Waals surface area contributed by atoms with Gasteiger partial charge in [-0.05, 0) is 5.56 Å². The Morgan fingerprint density at radius 1 is 1.14 bits per heavy atom. The van der Waals surface area contributed by atoms with Crippen LogP contribution in [0, 0.1) is 10.1 Å². The Kier molecular flexibility index (Phi) is 4.98. The fourth-order valence-corrected chi connectivity index (χ4v) is 1.96. The lowest BCUT2D eigenvalue weighted by Gasteiger charge is -2.07. The lowest BCUT2D eigenvalue weighted by molar-refractivity contribution is -0.385. The van der Waals surface area contributed by atoms with Gasteiger partial charge in [0.2, 0.25) is 0 Å². The predicted octanol–water partition coefficient (Wildman–Crippen LogP) is 3.10. The number of hydrogen-bond acceptors (Lipinski definition) is 5. The van der Waals surface area contributed by atoms with E-state index in [4.69, 9.17) is 4.84 Å². The molecule has 0 radical (unpaired) electrons. The number of benzene rings is 2. The Balaban J connectivity index is 2.37. The lowest BCUT2D eigenvalue weighted by Crippen LogP contribution is -2.09. The topological polar surface area (TPSA) is 81.8 Å². The molecule has 0 aliphatic carbocycles. The van der Waals surface area contributed by atoms with Crippen LogP contribution in [0.1, 0.15) is 18.1 Å². The Morgan fingerprint density at radius 2 is 1.77 bits per heavy atom. The van der Waals surface area contributed by atoms with Crippen molar-refractivity contribution in [1.29, 1.82) is 0 Å². The molecule has 112 valence electrons. The quantitative estimate of drug-likeness (QED) is 0.367. The Hall–Kier alpha value is -3.02. The van der Waals surface area contributed by atoms with Gasteiger partial charge in [-0.2, -0.15) is 0 Å². The van der Waals surface area contributed by atoms with Crippen LogP contribution in [0.5, 0.6) is 0 Å². The average Bonchev–Trinajstić information content (AvgIpc) is 2.52. The van der Waals surface area contributed by atoms with Crippen molar-refractivity contribution < 1.29 is 14.6 Å². The maximum Gasteiger partial charge on any atom is 0.331 e. The molecule has 0 fully saturated rings. The fraction of sp³-hybridized carbons (Fsp3) is 0.125. The maximum absolute atomic E-state index is 11.1. The van der Waals surface area contributed by atoms with Gasteiger partial charge in [0.05, 0.1) is 10.6 Å². The summed E-state index contributed by atoms with van der Waals surface area (Å²) in [6, 6.07) is 15.5. The summed E-state index contributed by atoms with van der Waals surface area (Å²) in [6.45, 7) is 1.25. The van der Waals surface area contributed by atoms with Crippen molar-refractivity contribution in [2.75, 3.05) is 0 Å². The monoisotopic (exact) mass is 298 g/mol. The van der Waals surface area contributed by atoms with E-state index < -0.39 is 10.9 Å². The molecular formula is C16H14N2O4. The van der Waals surface area contributed by atoms with Crippen molar-refractivity contribution in [1.82, 2.24) is 0 Å². The summed E-state index contributed by atoms with van der Waals surface area (Å²) >= 11 is 0. The van der Waals surface area contributed by atoms with Gasteiger partial charge in [-0.1, -0.05) is 53.7 Å². The summed E-state index contributed by atoms with van der Waals surface area (Å²) in [4.78, 5) is 26.3. The molecule has 22 heavy (non-hydrogen) atoms. The van der Waals surface area contributed by atoms with Gasteiger partial charge >= 0.3 is 5.97 Å². The highest BCUT2D eigenvalue weighted by Crippen LogP contribution is 2.20. The molecule has 0 amide bonds. The molecule has 0 saturated heterocycles. The number of nitro benzene ring substituents is 1. The third-order valence-electron chi connectivity index (χ3n) is 2.94. The fourth-order valence-electron chi connectivity index (χ4n) is 1.96. The molecule has 0 aliphatic heterocycles. The number of nitrogens with zero attached hydrogens (tertiary/aromatic N) is 2. The highest BCUT2D eigenvalue weighted by molar-refractivity contribution is 6.02. The molecular weight excluding hydrogens is 284 g/mol. The first kappa shape index (κ1) is 15.4. The van der Waals surface area contributed by atoms with Crippen LogP contribution in [0.2, 0.25) is 0 Å². The van der Waals surface area contributed by atoms with Crippen LogP contribution in [0.3, 0.4) is 0 Å². The molecule has 0 heterocycles. The molecule has 6 heteroatoms. The van der Waals surface area contributed by atoms with Crippen LogP contribution in [0.15, 0.2) is 59.8 Å². The van der Waals surface area contributed by atoms with E-state index in [-0.39, 0.29) is 12.1 Å². The van der Waals surface area contributed by atoms with Gasteiger partial charge in [0.15, 0.2) is 0 Å². The third-order valence-corrected chi connectivity index (χ3v) is 2.94. The molecule has 0 spiro atoms. The molecule has 0 saturated carbocycles. The van der Waals surface area contributed by atoms with Gasteiger partial charge in [0.1, 0.15) is 0 Å². The first-order valence-corrected chi connectivity index (χ1v) is 6.60. The van der Waals surface area contributed by atoms with Crippen LogP contribution in [-0.4, -0.2) is 16.6 Å².